The van der Waals surface area contributed by atoms with Crippen LogP contribution < -0.4 is 5.73 Å². The van der Waals surface area contributed by atoms with E-state index in [0.717, 1.165) is 0 Å². The van der Waals surface area contributed by atoms with Gasteiger partial charge in [0.1, 0.15) is 0 Å². The Bertz CT molecular complexity index is 95.0. The third kappa shape index (κ3) is 1.52. The summed E-state index contributed by atoms with van der Waals surface area (Å²) in [6.07, 6.45) is 0.637. The van der Waals surface area contributed by atoms with Crippen molar-refractivity contribution in [3.8, 4) is 0 Å². The van der Waals surface area contributed by atoms with Crippen molar-refractivity contribution in [3.05, 3.63) is 0 Å². The smallest absolute Gasteiger partial charge is 0.252 e. The fraction of sp³-hybridized carbons (Fsp3) is 1.00. The Hall–Kier alpha value is 0.110. The normalized spacial score (nSPS) is 30.3. The van der Waals surface area contributed by atoms with Crippen molar-refractivity contribution in [2.75, 3.05) is 6.54 Å². The topological polar surface area (TPSA) is 26.0 Å². The SMILES string of the molecule is Cl.NCC1CCC1(F)F. The molecule has 9 heavy (non-hydrogen) atoms. The van der Waals surface area contributed by atoms with E-state index < -0.39 is 11.8 Å². The summed E-state index contributed by atoms with van der Waals surface area (Å²) in [5, 5.41) is 0. The Morgan fingerprint density at radius 2 is 2.11 bits per heavy atom. The first-order valence-electron chi connectivity index (χ1n) is 2.74. The number of hydrogen-bond donors (Lipinski definition) is 1. The summed E-state index contributed by atoms with van der Waals surface area (Å²) in [6.45, 7) is 0.132. The zero-order valence-electron chi connectivity index (χ0n) is 4.94. The van der Waals surface area contributed by atoms with E-state index in [9.17, 15) is 8.78 Å². The molecule has 1 unspecified atom stereocenters. The van der Waals surface area contributed by atoms with Gasteiger partial charge in [0.15, 0.2) is 0 Å². The number of halogens is 3. The average molecular weight is 158 g/mol. The van der Waals surface area contributed by atoms with Crippen molar-refractivity contribution in [2.24, 2.45) is 11.7 Å². The lowest BCUT2D eigenvalue weighted by Crippen LogP contribution is -2.43. The summed E-state index contributed by atoms with van der Waals surface area (Å²) in [7, 11) is 0. The Morgan fingerprint density at radius 3 is 2.11 bits per heavy atom. The van der Waals surface area contributed by atoms with Crippen LogP contribution in [0.5, 0.6) is 0 Å². The van der Waals surface area contributed by atoms with Crippen LogP contribution in [-0.2, 0) is 0 Å². The highest BCUT2D eigenvalue weighted by Gasteiger charge is 2.46. The fourth-order valence-corrected chi connectivity index (χ4v) is 0.857. The van der Waals surface area contributed by atoms with Gasteiger partial charge >= 0.3 is 0 Å². The minimum absolute atomic E-state index is 0. The van der Waals surface area contributed by atoms with Gasteiger partial charge in [-0.3, -0.25) is 0 Å². The first-order chi connectivity index (χ1) is 3.67. The second-order valence-electron chi connectivity index (χ2n) is 2.23. The van der Waals surface area contributed by atoms with Crippen LogP contribution in [0.1, 0.15) is 12.8 Å². The first-order valence-corrected chi connectivity index (χ1v) is 2.74. The zero-order chi connectivity index (χ0) is 6.20. The van der Waals surface area contributed by atoms with E-state index in [1.165, 1.54) is 0 Å². The number of nitrogens with two attached hydrogens (primary N) is 1. The van der Waals surface area contributed by atoms with E-state index in [1.54, 1.807) is 0 Å². The molecule has 0 radical (unpaired) electrons. The van der Waals surface area contributed by atoms with Gasteiger partial charge in [0.05, 0.1) is 0 Å². The molecule has 0 saturated heterocycles. The molecule has 0 amide bonds. The third-order valence-corrected chi connectivity index (χ3v) is 1.71. The summed E-state index contributed by atoms with van der Waals surface area (Å²) >= 11 is 0. The summed E-state index contributed by atoms with van der Waals surface area (Å²) in [6, 6.07) is 0. The van der Waals surface area contributed by atoms with E-state index in [0.29, 0.717) is 6.42 Å². The van der Waals surface area contributed by atoms with Crippen LogP contribution in [0.15, 0.2) is 0 Å². The number of hydrogen-bond acceptors (Lipinski definition) is 1. The highest BCUT2D eigenvalue weighted by atomic mass is 35.5. The van der Waals surface area contributed by atoms with Gasteiger partial charge in [-0.1, -0.05) is 0 Å². The van der Waals surface area contributed by atoms with Crippen molar-refractivity contribution >= 4 is 12.4 Å². The van der Waals surface area contributed by atoms with E-state index in [1.807, 2.05) is 0 Å². The van der Waals surface area contributed by atoms with Crippen LogP contribution in [0.2, 0.25) is 0 Å². The molecule has 1 aliphatic rings. The van der Waals surface area contributed by atoms with Crippen LogP contribution in [0.4, 0.5) is 8.78 Å². The summed E-state index contributed by atoms with van der Waals surface area (Å²) in [5.74, 6) is -2.96. The maximum absolute atomic E-state index is 12.1. The van der Waals surface area contributed by atoms with Crippen LogP contribution in [-0.4, -0.2) is 12.5 Å². The van der Waals surface area contributed by atoms with Crippen molar-refractivity contribution in [1.82, 2.24) is 0 Å². The van der Waals surface area contributed by atoms with Crippen LogP contribution in [0.25, 0.3) is 0 Å². The Labute approximate surface area is 59.0 Å². The number of alkyl halides is 2. The molecule has 1 aliphatic carbocycles. The van der Waals surface area contributed by atoms with Crippen molar-refractivity contribution < 1.29 is 8.78 Å². The van der Waals surface area contributed by atoms with Crippen molar-refractivity contribution in [3.63, 3.8) is 0 Å². The molecule has 0 aliphatic heterocycles. The molecule has 1 fully saturated rings. The van der Waals surface area contributed by atoms with Gasteiger partial charge in [0, 0.05) is 18.9 Å². The molecular weight excluding hydrogens is 148 g/mol. The fourth-order valence-electron chi connectivity index (χ4n) is 0.857. The molecule has 56 valence electrons. The quantitative estimate of drug-likeness (QED) is 0.612. The van der Waals surface area contributed by atoms with Gasteiger partial charge in [-0.15, -0.1) is 12.4 Å². The third-order valence-electron chi connectivity index (χ3n) is 1.71. The lowest BCUT2D eigenvalue weighted by atomic mass is 9.81. The molecular formula is C5H10ClF2N. The highest BCUT2D eigenvalue weighted by molar-refractivity contribution is 5.85. The number of rotatable bonds is 1. The molecule has 0 heterocycles. The zero-order valence-corrected chi connectivity index (χ0v) is 5.76. The molecule has 1 atom stereocenters. The molecule has 1 nitrogen and oxygen atoms in total. The lowest BCUT2D eigenvalue weighted by molar-refractivity contribution is -0.127. The van der Waals surface area contributed by atoms with Gasteiger partial charge < -0.3 is 5.73 Å². The molecule has 0 aromatic heterocycles. The standard InChI is InChI=1S/C5H9F2N.ClH/c6-5(7)2-1-4(5)3-8;/h4H,1-3,8H2;1H. The minimum atomic E-state index is -2.44. The van der Waals surface area contributed by atoms with Crippen LogP contribution in [0, 0.1) is 5.92 Å². The average Bonchev–Trinajstić information content (AvgIpc) is 1.66. The van der Waals surface area contributed by atoms with Crippen molar-refractivity contribution in [2.45, 2.75) is 18.8 Å². The van der Waals surface area contributed by atoms with Gasteiger partial charge in [0.2, 0.25) is 0 Å². The van der Waals surface area contributed by atoms with Gasteiger partial charge in [-0.05, 0) is 6.42 Å². The van der Waals surface area contributed by atoms with E-state index >= 15 is 0 Å². The molecule has 2 N–H and O–H groups in total. The second-order valence-corrected chi connectivity index (χ2v) is 2.23. The molecule has 0 aromatic carbocycles. The maximum Gasteiger partial charge on any atom is 0.252 e. The summed E-state index contributed by atoms with van der Waals surface area (Å²) < 4.78 is 24.2. The van der Waals surface area contributed by atoms with Crippen molar-refractivity contribution in [1.29, 1.82) is 0 Å². The van der Waals surface area contributed by atoms with E-state index in [-0.39, 0.29) is 25.4 Å². The Balaban J connectivity index is 0.000000640. The first kappa shape index (κ1) is 9.11. The minimum Gasteiger partial charge on any atom is -0.330 e. The van der Waals surface area contributed by atoms with Crippen LogP contribution >= 0.6 is 12.4 Å². The largest absolute Gasteiger partial charge is 0.330 e. The Morgan fingerprint density at radius 1 is 1.56 bits per heavy atom. The summed E-state index contributed by atoms with van der Waals surface area (Å²) in [5.41, 5.74) is 5.03. The van der Waals surface area contributed by atoms with E-state index in [2.05, 4.69) is 0 Å². The monoisotopic (exact) mass is 157 g/mol. The molecule has 1 rings (SSSR count). The highest BCUT2D eigenvalue weighted by Crippen LogP contribution is 2.42. The van der Waals surface area contributed by atoms with Gasteiger partial charge in [0.25, 0.3) is 5.92 Å². The van der Waals surface area contributed by atoms with E-state index in [4.69, 9.17) is 5.73 Å². The molecule has 1 saturated carbocycles. The van der Waals surface area contributed by atoms with Crippen LogP contribution in [0.3, 0.4) is 0 Å². The Kier molecular flexibility index (Phi) is 2.83. The molecule has 0 bridgehead atoms. The maximum atomic E-state index is 12.1. The van der Waals surface area contributed by atoms with Gasteiger partial charge in [-0.25, -0.2) is 8.78 Å². The summed E-state index contributed by atoms with van der Waals surface area (Å²) in [4.78, 5) is 0. The molecule has 4 heteroatoms. The molecule has 0 aromatic rings. The predicted molar refractivity (Wildman–Crippen MR) is 34.0 cm³/mol. The second kappa shape index (κ2) is 2.80. The molecule has 0 spiro atoms. The lowest BCUT2D eigenvalue weighted by Gasteiger charge is -2.35. The van der Waals surface area contributed by atoms with Gasteiger partial charge in [-0.2, -0.15) is 0 Å². The predicted octanol–water partition coefficient (Wildman–Crippen LogP) is 1.41.